The standard InChI is InChI=1S/C7H9ClN4O2/c1-2-3-9-7-5(12(13)14)6(8)10-4-11-7/h4H,2-3H2,1H3,(H,9,10,11). The van der Waals surface area contributed by atoms with Crippen LogP contribution in [0.2, 0.25) is 5.15 Å². The smallest absolute Gasteiger partial charge is 0.348 e. The van der Waals surface area contributed by atoms with Crippen LogP contribution in [-0.4, -0.2) is 21.4 Å². The molecule has 14 heavy (non-hydrogen) atoms. The topological polar surface area (TPSA) is 81.0 Å². The average Bonchev–Trinajstić information content (AvgIpc) is 2.14. The van der Waals surface area contributed by atoms with Crippen molar-refractivity contribution in [2.24, 2.45) is 0 Å². The van der Waals surface area contributed by atoms with E-state index < -0.39 is 4.92 Å². The molecule has 0 spiro atoms. The minimum absolute atomic E-state index is 0.149. The predicted octanol–water partition coefficient (Wildman–Crippen LogP) is 1.86. The summed E-state index contributed by atoms with van der Waals surface area (Å²) in [7, 11) is 0. The number of hydrogen-bond donors (Lipinski definition) is 1. The van der Waals surface area contributed by atoms with Gasteiger partial charge in [0.15, 0.2) is 0 Å². The van der Waals surface area contributed by atoms with Crippen molar-refractivity contribution >= 4 is 23.1 Å². The Morgan fingerprint density at radius 2 is 2.36 bits per heavy atom. The first-order chi connectivity index (χ1) is 6.66. The Balaban J connectivity index is 3.02. The van der Waals surface area contributed by atoms with E-state index in [-0.39, 0.29) is 16.7 Å². The van der Waals surface area contributed by atoms with Gasteiger partial charge in [0.2, 0.25) is 11.0 Å². The Hall–Kier alpha value is -1.43. The predicted molar refractivity (Wildman–Crippen MR) is 52.5 cm³/mol. The van der Waals surface area contributed by atoms with Gasteiger partial charge in [0.1, 0.15) is 6.33 Å². The third-order valence-electron chi connectivity index (χ3n) is 1.50. The molecule has 0 unspecified atom stereocenters. The van der Waals surface area contributed by atoms with Gasteiger partial charge in [0.25, 0.3) is 0 Å². The van der Waals surface area contributed by atoms with E-state index >= 15 is 0 Å². The van der Waals surface area contributed by atoms with Gasteiger partial charge in [-0.15, -0.1) is 0 Å². The van der Waals surface area contributed by atoms with Crippen molar-refractivity contribution in [3.05, 3.63) is 21.6 Å². The molecule has 0 aliphatic rings. The SMILES string of the molecule is CCCNc1ncnc(Cl)c1[N+](=O)[O-]. The summed E-state index contributed by atoms with van der Waals surface area (Å²) in [5, 5.41) is 13.3. The lowest BCUT2D eigenvalue weighted by Crippen LogP contribution is -2.06. The molecule has 1 aromatic heterocycles. The van der Waals surface area contributed by atoms with Crippen LogP contribution in [0.5, 0.6) is 0 Å². The summed E-state index contributed by atoms with van der Waals surface area (Å²) in [4.78, 5) is 17.3. The zero-order valence-corrected chi connectivity index (χ0v) is 8.28. The zero-order valence-electron chi connectivity index (χ0n) is 7.53. The number of hydrogen-bond acceptors (Lipinski definition) is 5. The second kappa shape index (κ2) is 4.71. The van der Waals surface area contributed by atoms with Gasteiger partial charge in [-0.25, -0.2) is 9.97 Å². The van der Waals surface area contributed by atoms with Gasteiger partial charge >= 0.3 is 5.69 Å². The number of nitro groups is 1. The molecular formula is C7H9ClN4O2. The van der Waals surface area contributed by atoms with E-state index in [2.05, 4.69) is 15.3 Å². The van der Waals surface area contributed by atoms with Gasteiger partial charge in [-0.3, -0.25) is 10.1 Å². The normalized spacial score (nSPS) is 9.86. The lowest BCUT2D eigenvalue weighted by Gasteiger charge is -2.03. The summed E-state index contributed by atoms with van der Waals surface area (Å²) in [6, 6.07) is 0. The molecule has 0 aromatic carbocycles. The summed E-state index contributed by atoms with van der Waals surface area (Å²) >= 11 is 5.57. The van der Waals surface area contributed by atoms with Gasteiger partial charge in [-0.2, -0.15) is 0 Å². The minimum atomic E-state index is -0.597. The van der Waals surface area contributed by atoms with Crippen molar-refractivity contribution in [2.75, 3.05) is 11.9 Å². The maximum absolute atomic E-state index is 10.6. The molecule has 1 aromatic rings. The molecule has 0 bridgehead atoms. The average molecular weight is 217 g/mol. The first kappa shape index (κ1) is 10.6. The summed E-state index contributed by atoms with van der Waals surface area (Å²) < 4.78 is 0. The van der Waals surface area contributed by atoms with E-state index in [0.717, 1.165) is 6.42 Å². The molecule has 0 atom stereocenters. The Morgan fingerprint density at radius 1 is 1.64 bits per heavy atom. The van der Waals surface area contributed by atoms with Gasteiger partial charge in [-0.1, -0.05) is 18.5 Å². The number of rotatable bonds is 4. The molecule has 76 valence electrons. The summed E-state index contributed by atoms with van der Waals surface area (Å²) in [5.41, 5.74) is -0.275. The largest absolute Gasteiger partial charge is 0.364 e. The van der Waals surface area contributed by atoms with E-state index in [1.807, 2.05) is 6.92 Å². The molecule has 0 aliphatic heterocycles. The van der Waals surface area contributed by atoms with Crippen molar-refractivity contribution in [3.63, 3.8) is 0 Å². The van der Waals surface area contributed by atoms with Gasteiger partial charge in [-0.05, 0) is 6.42 Å². The second-order valence-corrected chi connectivity index (χ2v) is 2.90. The molecule has 1 N–H and O–H groups in total. The molecule has 0 aliphatic carbocycles. The molecule has 1 rings (SSSR count). The second-order valence-electron chi connectivity index (χ2n) is 2.55. The van der Waals surface area contributed by atoms with E-state index in [9.17, 15) is 10.1 Å². The third kappa shape index (κ3) is 2.29. The van der Waals surface area contributed by atoms with Crippen LogP contribution in [0.25, 0.3) is 0 Å². The molecule has 0 radical (unpaired) electrons. The molecule has 0 saturated carbocycles. The van der Waals surface area contributed by atoms with Crippen LogP contribution in [0.4, 0.5) is 11.5 Å². The highest BCUT2D eigenvalue weighted by atomic mass is 35.5. The van der Waals surface area contributed by atoms with E-state index in [0.29, 0.717) is 6.54 Å². The number of halogens is 1. The maximum Gasteiger partial charge on any atom is 0.348 e. The molecule has 0 amide bonds. The van der Waals surface area contributed by atoms with Gasteiger partial charge in [0, 0.05) is 6.54 Å². The molecule has 0 saturated heterocycles. The van der Waals surface area contributed by atoms with Crippen molar-refractivity contribution in [2.45, 2.75) is 13.3 Å². The van der Waals surface area contributed by atoms with Crippen molar-refractivity contribution < 1.29 is 4.92 Å². The van der Waals surface area contributed by atoms with Gasteiger partial charge in [0.05, 0.1) is 4.92 Å². The highest BCUT2D eigenvalue weighted by Crippen LogP contribution is 2.27. The molecule has 0 fully saturated rings. The van der Waals surface area contributed by atoms with Crippen molar-refractivity contribution in [1.82, 2.24) is 9.97 Å². The van der Waals surface area contributed by atoms with E-state index in [4.69, 9.17) is 11.6 Å². The molecule has 1 heterocycles. The Bertz CT molecular complexity index is 344. The molecular weight excluding hydrogens is 208 g/mol. The fraction of sp³-hybridized carbons (Fsp3) is 0.429. The summed E-state index contributed by atoms with van der Waals surface area (Å²) in [6.45, 7) is 2.55. The quantitative estimate of drug-likeness (QED) is 0.472. The van der Waals surface area contributed by atoms with Crippen molar-refractivity contribution in [1.29, 1.82) is 0 Å². The fourth-order valence-electron chi connectivity index (χ4n) is 0.892. The fourth-order valence-corrected chi connectivity index (χ4v) is 1.09. The number of nitrogens with one attached hydrogen (secondary N) is 1. The summed E-state index contributed by atoms with van der Waals surface area (Å²) in [5.74, 6) is 0.164. The number of aromatic nitrogens is 2. The van der Waals surface area contributed by atoms with Crippen LogP contribution in [0, 0.1) is 10.1 Å². The first-order valence-corrected chi connectivity index (χ1v) is 4.43. The maximum atomic E-state index is 10.6. The van der Waals surface area contributed by atoms with Crippen molar-refractivity contribution in [3.8, 4) is 0 Å². The van der Waals surface area contributed by atoms with Crippen LogP contribution in [-0.2, 0) is 0 Å². The Kier molecular flexibility index (Phi) is 3.58. The lowest BCUT2D eigenvalue weighted by atomic mass is 10.4. The van der Waals surface area contributed by atoms with E-state index in [1.54, 1.807) is 0 Å². The van der Waals surface area contributed by atoms with Crippen LogP contribution in [0.15, 0.2) is 6.33 Å². The van der Waals surface area contributed by atoms with Crippen LogP contribution in [0.1, 0.15) is 13.3 Å². The Labute approximate surface area is 85.5 Å². The van der Waals surface area contributed by atoms with Crippen LogP contribution < -0.4 is 5.32 Å². The highest BCUT2D eigenvalue weighted by molar-refractivity contribution is 6.31. The zero-order chi connectivity index (χ0) is 10.6. The Morgan fingerprint density at radius 3 is 2.93 bits per heavy atom. The number of nitrogens with zero attached hydrogens (tertiary/aromatic N) is 3. The van der Waals surface area contributed by atoms with Crippen LogP contribution in [0.3, 0.4) is 0 Å². The highest BCUT2D eigenvalue weighted by Gasteiger charge is 2.20. The molecule has 6 nitrogen and oxygen atoms in total. The monoisotopic (exact) mass is 216 g/mol. The van der Waals surface area contributed by atoms with E-state index in [1.165, 1.54) is 6.33 Å². The molecule has 7 heteroatoms. The first-order valence-electron chi connectivity index (χ1n) is 4.05. The summed E-state index contributed by atoms with van der Waals surface area (Å²) in [6.07, 6.45) is 2.03. The van der Waals surface area contributed by atoms with Gasteiger partial charge < -0.3 is 5.32 Å². The lowest BCUT2D eigenvalue weighted by molar-refractivity contribution is -0.384. The van der Waals surface area contributed by atoms with Crippen LogP contribution >= 0.6 is 11.6 Å². The third-order valence-corrected chi connectivity index (χ3v) is 1.78. The number of anilines is 1. The minimum Gasteiger partial charge on any atom is -0.364 e.